The number of anilines is 1. The topological polar surface area (TPSA) is 126 Å². The summed E-state index contributed by atoms with van der Waals surface area (Å²) < 4.78 is 68.1. The highest BCUT2D eigenvalue weighted by atomic mass is 32.2. The third kappa shape index (κ3) is 6.51. The smallest absolute Gasteiger partial charge is 0.407 e. The fourth-order valence-corrected chi connectivity index (χ4v) is 10.3. The molecule has 1 unspecified atom stereocenters. The van der Waals surface area contributed by atoms with E-state index < -0.39 is 50.5 Å². The zero-order valence-corrected chi connectivity index (χ0v) is 27.7. The standard InChI is InChI=1S/C34H44F2N4O6S/c1-3-26-18-33(15-16-46-26)21-34(39-32(42)45-2,30(33)22-9-11-23(35)12-10-22)31(41)38-29-8-4-7-28(36)27(29)14-13-25-19-37-24-6-5-17-47(43,44)40(25)20-24/h4,7-12,24-26,30,37H,3,5-6,13-21H2,1-2H3,(H,38,41)(H,39,42)/t24-,25+,26+,30+,33+,34+/m1/s1. The van der Waals surface area contributed by atoms with Gasteiger partial charge in [-0.2, -0.15) is 4.31 Å². The summed E-state index contributed by atoms with van der Waals surface area (Å²) >= 11 is 0. The summed E-state index contributed by atoms with van der Waals surface area (Å²) in [6, 6.07) is 10.2. The number of hydrogen-bond acceptors (Lipinski definition) is 7. The maximum atomic E-state index is 15.5. The van der Waals surface area contributed by atoms with Crippen LogP contribution in [0.2, 0.25) is 0 Å². The van der Waals surface area contributed by atoms with Gasteiger partial charge in [-0.3, -0.25) is 4.79 Å². The van der Waals surface area contributed by atoms with Crippen LogP contribution >= 0.6 is 0 Å². The minimum Gasteiger partial charge on any atom is -0.453 e. The van der Waals surface area contributed by atoms with Crippen molar-refractivity contribution in [2.45, 2.75) is 87.9 Å². The lowest BCUT2D eigenvalue weighted by molar-refractivity contribution is -0.156. The number of carbonyl (C=O) groups is 2. The van der Waals surface area contributed by atoms with Crippen molar-refractivity contribution in [2.75, 3.05) is 37.9 Å². The maximum Gasteiger partial charge on any atom is 0.407 e. The summed E-state index contributed by atoms with van der Waals surface area (Å²) in [5, 5.41) is 9.22. The van der Waals surface area contributed by atoms with Crippen molar-refractivity contribution in [1.29, 1.82) is 0 Å². The van der Waals surface area contributed by atoms with Gasteiger partial charge < -0.3 is 25.4 Å². The van der Waals surface area contributed by atoms with Crippen LogP contribution in [-0.4, -0.2) is 81.0 Å². The van der Waals surface area contributed by atoms with E-state index >= 15 is 4.39 Å². The zero-order chi connectivity index (χ0) is 33.4. The number of hydrogen-bond donors (Lipinski definition) is 3. The van der Waals surface area contributed by atoms with Crippen LogP contribution < -0.4 is 16.0 Å². The van der Waals surface area contributed by atoms with Gasteiger partial charge in [0.1, 0.15) is 17.2 Å². The lowest BCUT2D eigenvalue weighted by Gasteiger charge is -2.64. The molecule has 3 aliphatic heterocycles. The van der Waals surface area contributed by atoms with Crippen LogP contribution in [0.4, 0.5) is 19.3 Å². The van der Waals surface area contributed by atoms with Crippen LogP contribution in [0.1, 0.15) is 68.9 Å². The number of halogens is 2. The lowest BCUT2D eigenvalue weighted by atomic mass is 9.44. The Labute approximate surface area is 275 Å². The summed E-state index contributed by atoms with van der Waals surface area (Å²) in [5.74, 6) is -1.92. The van der Waals surface area contributed by atoms with E-state index in [0.717, 1.165) is 12.8 Å². The molecule has 1 spiro atoms. The molecular formula is C34H44F2N4O6S. The molecule has 10 nitrogen and oxygen atoms in total. The fraction of sp³-hybridized carbons (Fsp3) is 0.588. The van der Waals surface area contributed by atoms with Crippen molar-refractivity contribution in [3.05, 3.63) is 65.2 Å². The van der Waals surface area contributed by atoms with E-state index in [0.29, 0.717) is 50.9 Å². The van der Waals surface area contributed by atoms with E-state index in [2.05, 4.69) is 16.0 Å². The molecule has 2 bridgehead atoms. The van der Waals surface area contributed by atoms with Gasteiger partial charge >= 0.3 is 6.09 Å². The number of nitrogens with one attached hydrogen (secondary N) is 3. The highest BCUT2D eigenvalue weighted by Gasteiger charge is 2.68. The Balaban J connectivity index is 1.30. The van der Waals surface area contributed by atoms with Crippen molar-refractivity contribution in [2.24, 2.45) is 5.41 Å². The summed E-state index contributed by atoms with van der Waals surface area (Å²) in [4.78, 5) is 27.4. The summed E-state index contributed by atoms with van der Waals surface area (Å²) in [6.07, 6.45) is 3.48. The molecule has 7 atom stereocenters. The van der Waals surface area contributed by atoms with Crippen molar-refractivity contribution in [3.63, 3.8) is 0 Å². The summed E-state index contributed by atoms with van der Waals surface area (Å²) in [7, 11) is -2.20. The molecule has 3 saturated heterocycles. The Morgan fingerprint density at radius 2 is 1.96 bits per heavy atom. The first-order valence-electron chi connectivity index (χ1n) is 16.5. The third-order valence-electron chi connectivity index (χ3n) is 10.8. The molecule has 256 valence electrons. The number of benzene rings is 2. The van der Waals surface area contributed by atoms with E-state index in [9.17, 15) is 22.4 Å². The molecule has 3 heterocycles. The zero-order valence-electron chi connectivity index (χ0n) is 26.9. The van der Waals surface area contributed by atoms with Gasteiger partial charge in [-0.25, -0.2) is 22.0 Å². The van der Waals surface area contributed by atoms with Crippen molar-refractivity contribution in [1.82, 2.24) is 14.9 Å². The Morgan fingerprint density at radius 3 is 2.70 bits per heavy atom. The number of rotatable bonds is 8. The molecule has 0 radical (unpaired) electrons. The van der Waals surface area contributed by atoms with E-state index in [1.807, 2.05) is 6.92 Å². The molecule has 2 aromatic carbocycles. The van der Waals surface area contributed by atoms with E-state index in [-0.39, 0.29) is 48.0 Å². The van der Waals surface area contributed by atoms with Crippen LogP contribution in [0.25, 0.3) is 0 Å². The Hall–Kier alpha value is -3.13. The van der Waals surface area contributed by atoms with Gasteiger partial charge in [0.05, 0.1) is 19.0 Å². The predicted molar refractivity (Wildman–Crippen MR) is 172 cm³/mol. The largest absolute Gasteiger partial charge is 0.453 e. The normalized spacial score (nSPS) is 32.9. The van der Waals surface area contributed by atoms with Crippen LogP contribution in [0, 0.1) is 17.0 Å². The second-order valence-corrected chi connectivity index (χ2v) is 15.6. The summed E-state index contributed by atoms with van der Waals surface area (Å²) in [6.45, 7) is 3.39. The molecule has 0 aromatic heterocycles. The van der Waals surface area contributed by atoms with Crippen molar-refractivity contribution < 1.29 is 36.3 Å². The number of alkyl carbamates (subject to hydrolysis) is 1. The predicted octanol–water partition coefficient (Wildman–Crippen LogP) is 4.46. The number of sulfonamides is 1. The van der Waals surface area contributed by atoms with Crippen molar-refractivity contribution >= 4 is 27.7 Å². The Kier molecular flexibility index (Phi) is 9.63. The second kappa shape index (κ2) is 13.4. The first-order chi connectivity index (χ1) is 22.5. The maximum absolute atomic E-state index is 15.5. The number of amides is 2. The summed E-state index contributed by atoms with van der Waals surface area (Å²) in [5.41, 5.74) is -0.689. The van der Waals surface area contributed by atoms with Crippen LogP contribution in [-0.2, 0) is 30.7 Å². The molecule has 3 N–H and O–H groups in total. The average Bonchev–Trinajstić information content (AvgIpc) is 3.16. The molecule has 13 heteroatoms. The van der Waals surface area contributed by atoms with Gasteiger partial charge in [-0.15, -0.1) is 0 Å². The van der Waals surface area contributed by atoms with Gasteiger partial charge in [0.2, 0.25) is 10.0 Å². The van der Waals surface area contributed by atoms with Crippen LogP contribution in [0.5, 0.6) is 0 Å². The Bertz CT molecular complexity index is 1590. The first-order valence-corrected chi connectivity index (χ1v) is 18.2. The molecule has 4 fully saturated rings. The highest BCUT2D eigenvalue weighted by Crippen LogP contribution is 2.65. The molecular weight excluding hydrogens is 630 g/mol. The molecule has 47 heavy (non-hydrogen) atoms. The fourth-order valence-electron chi connectivity index (χ4n) is 8.51. The SMILES string of the molecule is CC[C@H]1C[C@@]2(CCO1)C[C@@](NC(=O)OC)(C(=O)Nc1cccc(F)c1CC[C@H]1CN[C@@H]3CCCS(=O)(=O)N1C3)[C@H]2c1ccc(F)cc1. The van der Waals surface area contributed by atoms with Crippen molar-refractivity contribution in [3.8, 4) is 0 Å². The molecule has 6 rings (SSSR count). The van der Waals surface area contributed by atoms with Gasteiger partial charge in [0.25, 0.3) is 5.91 Å². The Morgan fingerprint density at radius 1 is 1.17 bits per heavy atom. The van der Waals surface area contributed by atoms with Gasteiger partial charge in [0, 0.05) is 48.9 Å². The quantitative estimate of drug-likeness (QED) is 0.378. The highest BCUT2D eigenvalue weighted by molar-refractivity contribution is 7.89. The number of nitrogens with zero attached hydrogens (tertiary/aromatic N) is 1. The van der Waals surface area contributed by atoms with Gasteiger partial charge in [-0.05, 0) is 86.6 Å². The number of methoxy groups -OCH3 is 1. The molecule has 4 aliphatic rings. The number of carbonyl (C=O) groups excluding carboxylic acids is 2. The molecule has 2 aromatic rings. The van der Waals surface area contributed by atoms with Gasteiger partial charge in [0.15, 0.2) is 0 Å². The number of ether oxygens (including phenoxy) is 2. The average molecular weight is 675 g/mol. The molecule has 1 saturated carbocycles. The number of fused-ring (bicyclic) bond motifs is 2. The monoisotopic (exact) mass is 674 g/mol. The van der Waals surface area contributed by atoms with Crippen LogP contribution in [0.15, 0.2) is 42.5 Å². The minimum atomic E-state index is -3.42. The third-order valence-corrected chi connectivity index (χ3v) is 12.7. The first kappa shape index (κ1) is 33.8. The lowest BCUT2D eigenvalue weighted by Crippen LogP contribution is -2.74. The molecule has 1 aliphatic carbocycles. The van der Waals surface area contributed by atoms with E-state index in [1.165, 1.54) is 31.4 Å². The number of piperazine rings is 1. The van der Waals surface area contributed by atoms with E-state index in [1.54, 1.807) is 22.5 Å². The van der Waals surface area contributed by atoms with E-state index in [4.69, 9.17) is 9.47 Å². The van der Waals surface area contributed by atoms with Crippen LogP contribution in [0.3, 0.4) is 0 Å². The second-order valence-electron chi connectivity index (χ2n) is 13.5. The molecule has 2 amide bonds. The minimum absolute atomic E-state index is 0.0294. The van der Waals surface area contributed by atoms with Gasteiger partial charge in [-0.1, -0.05) is 25.1 Å².